The van der Waals surface area contributed by atoms with Crippen LogP contribution in [0, 0.1) is 41.5 Å². The van der Waals surface area contributed by atoms with Crippen molar-refractivity contribution in [1.29, 1.82) is 0 Å². The second-order valence-corrected chi connectivity index (χ2v) is 10.3. The third-order valence-electron chi connectivity index (χ3n) is 6.28. The standard InChI is InChI=1S/3C12H12N2.Co/c3*1-9-3-5-13-11(7-9)12-8-10(2)4-6-14-12;/h3*3-8H,1-2H3;. The molecule has 0 amide bonds. The zero-order valence-corrected chi connectivity index (χ0v) is 26.4. The van der Waals surface area contributed by atoms with Crippen LogP contribution in [-0.4, -0.2) is 29.9 Å². The van der Waals surface area contributed by atoms with E-state index in [1.54, 1.807) is 0 Å². The largest absolute Gasteiger partial charge is 0.255 e. The Morgan fingerprint density at radius 3 is 0.535 bits per heavy atom. The molecule has 0 spiro atoms. The number of aryl methyl sites for hydroxylation is 6. The Labute approximate surface area is 265 Å². The molecule has 6 aromatic rings. The van der Waals surface area contributed by atoms with Gasteiger partial charge in [0.2, 0.25) is 0 Å². The summed E-state index contributed by atoms with van der Waals surface area (Å²) in [6, 6.07) is 24.2. The van der Waals surface area contributed by atoms with Gasteiger partial charge in [-0.3, -0.25) is 29.9 Å². The summed E-state index contributed by atoms with van der Waals surface area (Å²) in [5, 5.41) is 0. The van der Waals surface area contributed by atoms with Gasteiger partial charge >= 0.3 is 0 Å². The van der Waals surface area contributed by atoms with Crippen LogP contribution in [0.25, 0.3) is 34.2 Å². The van der Waals surface area contributed by atoms with Crippen molar-refractivity contribution in [3.8, 4) is 34.2 Å². The average Bonchev–Trinajstić information content (AvgIpc) is 2.98. The Balaban J connectivity index is 0.000000175. The van der Waals surface area contributed by atoms with Crippen LogP contribution in [0.2, 0.25) is 0 Å². The van der Waals surface area contributed by atoms with E-state index in [1.807, 2.05) is 110 Å². The number of hydrogen-bond donors (Lipinski definition) is 0. The fourth-order valence-electron chi connectivity index (χ4n) is 4.06. The molecule has 7 heteroatoms. The predicted octanol–water partition coefficient (Wildman–Crippen LogP) is 8.28. The van der Waals surface area contributed by atoms with E-state index in [0.717, 1.165) is 34.2 Å². The maximum absolute atomic E-state index is 4.29. The maximum atomic E-state index is 4.29. The van der Waals surface area contributed by atoms with Crippen molar-refractivity contribution in [3.63, 3.8) is 0 Å². The summed E-state index contributed by atoms with van der Waals surface area (Å²) in [7, 11) is 0. The van der Waals surface area contributed by atoms with Gasteiger partial charge in [0.25, 0.3) is 0 Å². The normalized spacial score (nSPS) is 9.91. The van der Waals surface area contributed by atoms with Crippen molar-refractivity contribution in [2.75, 3.05) is 0 Å². The van der Waals surface area contributed by atoms with Crippen LogP contribution in [0.3, 0.4) is 0 Å². The fraction of sp³-hybridized carbons (Fsp3) is 0.167. The molecule has 0 aliphatic heterocycles. The molecule has 0 fully saturated rings. The van der Waals surface area contributed by atoms with E-state index in [-0.39, 0.29) is 16.8 Å². The first-order valence-electron chi connectivity index (χ1n) is 13.8. The van der Waals surface area contributed by atoms with E-state index in [4.69, 9.17) is 0 Å². The second-order valence-electron chi connectivity index (χ2n) is 10.3. The quantitative estimate of drug-likeness (QED) is 0.200. The molecular formula is C36H36CoN6. The first-order chi connectivity index (χ1) is 20.3. The Kier molecular flexibility index (Phi) is 12.4. The minimum absolute atomic E-state index is 0. The summed E-state index contributed by atoms with van der Waals surface area (Å²) in [4.78, 5) is 25.7. The van der Waals surface area contributed by atoms with Crippen LogP contribution >= 0.6 is 0 Å². The van der Waals surface area contributed by atoms with Gasteiger partial charge in [-0.05, 0) is 148 Å². The molecule has 0 saturated heterocycles. The second kappa shape index (κ2) is 16.2. The van der Waals surface area contributed by atoms with Crippen LogP contribution in [0.15, 0.2) is 110 Å². The molecule has 0 saturated carbocycles. The molecule has 6 nitrogen and oxygen atoms in total. The Morgan fingerprint density at radius 1 is 0.279 bits per heavy atom. The van der Waals surface area contributed by atoms with Crippen molar-refractivity contribution >= 4 is 0 Å². The molecule has 0 bridgehead atoms. The summed E-state index contributed by atoms with van der Waals surface area (Å²) in [6.07, 6.45) is 10.9. The minimum Gasteiger partial charge on any atom is -0.255 e. The Hall–Kier alpha value is -4.59. The van der Waals surface area contributed by atoms with E-state index in [1.165, 1.54) is 33.4 Å². The third-order valence-corrected chi connectivity index (χ3v) is 6.28. The molecule has 6 rings (SSSR count). The van der Waals surface area contributed by atoms with Gasteiger partial charge in [0, 0.05) is 54.0 Å². The average molecular weight is 612 g/mol. The van der Waals surface area contributed by atoms with Gasteiger partial charge in [-0.15, -0.1) is 0 Å². The van der Waals surface area contributed by atoms with Gasteiger partial charge in [-0.25, -0.2) is 0 Å². The van der Waals surface area contributed by atoms with Crippen LogP contribution in [-0.2, 0) is 16.8 Å². The van der Waals surface area contributed by atoms with Crippen LogP contribution in [0.1, 0.15) is 33.4 Å². The molecule has 0 aliphatic rings. The first kappa shape index (κ1) is 32.9. The maximum Gasteiger partial charge on any atom is 0.0888 e. The first-order valence-corrected chi connectivity index (χ1v) is 13.8. The molecule has 6 heterocycles. The van der Waals surface area contributed by atoms with Gasteiger partial charge in [0.1, 0.15) is 0 Å². The summed E-state index contributed by atoms with van der Waals surface area (Å²) in [5.41, 5.74) is 12.9. The van der Waals surface area contributed by atoms with Crippen LogP contribution in [0.4, 0.5) is 0 Å². The van der Waals surface area contributed by atoms with Crippen molar-refractivity contribution in [3.05, 3.63) is 143 Å². The fourth-order valence-corrected chi connectivity index (χ4v) is 4.06. The summed E-state index contributed by atoms with van der Waals surface area (Å²) < 4.78 is 0. The van der Waals surface area contributed by atoms with Crippen molar-refractivity contribution in [2.45, 2.75) is 41.5 Å². The van der Waals surface area contributed by atoms with Gasteiger partial charge in [-0.1, -0.05) is 0 Å². The van der Waals surface area contributed by atoms with Gasteiger partial charge in [0.15, 0.2) is 0 Å². The van der Waals surface area contributed by atoms with Crippen molar-refractivity contribution in [2.24, 2.45) is 0 Å². The zero-order valence-electron chi connectivity index (χ0n) is 25.4. The summed E-state index contributed by atoms with van der Waals surface area (Å²) >= 11 is 0. The summed E-state index contributed by atoms with van der Waals surface area (Å²) in [5.74, 6) is 0. The van der Waals surface area contributed by atoms with Crippen LogP contribution in [0.5, 0.6) is 0 Å². The van der Waals surface area contributed by atoms with Gasteiger partial charge in [0.05, 0.1) is 34.2 Å². The number of rotatable bonds is 3. The number of hydrogen-bond acceptors (Lipinski definition) is 6. The van der Waals surface area contributed by atoms with E-state index in [2.05, 4.69) is 71.4 Å². The van der Waals surface area contributed by atoms with Crippen molar-refractivity contribution < 1.29 is 16.8 Å². The molecule has 0 aliphatic carbocycles. The molecule has 43 heavy (non-hydrogen) atoms. The molecule has 0 unspecified atom stereocenters. The number of pyridine rings is 6. The summed E-state index contributed by atoms with van der Waals surface area (Å²) in [6.45, 7) is 12.3. The number of nitrogens with zero attached hydrogens (tertiary/aromatic N) is 6. The Morgan fingerprint density at radius 2 is 0.419 bits per heavy atom. The van der Waals surface area contributed by atoms with E-state index in [0.29, 0.717) is 0 Å². The molecule has 0 atom stereocenters. The van der Waals surface area contributed by atoms with Gasteiger partial charge in [-0.2, -0.15) is 0 Å². The smallest absolute Gasteiger partial charge is 0.0888 e. The van der Waals surface area contributed by atoms with Crippen molar-refractivity contribution in [1.82, 2.24) is 29.9 Å². The molecule has 1 radical (unpaired) electrons. The minimum atomic E-state index is 0. The number of aromatic nitrogens is 6. The molecular weight excluding hydrogens is 575 g/mol. The van der Waals surface area contributed by atoms with E-state index >= 15 is 0 Å². The monoisotopic (exact) mass is 611 g/mol. The van der Waals surface area contributed by atoms with Crippen LogP contribution < -0.4 is 0 Å². The molecule has 6 aromatic heterocycles. The molecule has 0 N–H and O–H groups in total. The Bertz CT molecular complexity index is 1430. The SMILES string of the molecule is Cc1ccnc(-c2cc(C)ccn2)c1.Cc1ccnc(-c2cc(C)ccn2)c1.Cc1ccnc(-c2cc(C)ccn2)c1.[Co]. The van der Waals surface area contributed by atoms with E-state index < -0.39 is 0 Å². The predicted molar refractivity (Wildman–Crippen MR) is 171 cm³/mol. The topological polar surface area (TPSA) is 77.3 Å². The zero-order chi connectivity index (χ0) is 29.9. The third kappa shape index (κ3) is 10.3. The molecule has 219 valence electrons. The van der Waals surface area contributed by atoms with E-state index in [9.17, 15) is 0 Å². The van der Waals surface area contributed by atoms with Gasteiger partial charge < -0.3 is 0 Å². The molecule has 0 aromatic carbocycles.